The first-order valence-electron chi connectivity index (χ1n) is 7.62. The van der Waals surface area contributed by atoms with Crippen molar-refractivity contribution in [3.63, 3.8) is 0 Å². The Morgan fingerprint density at radius 2 is 2.00 bits per heavy atom. The Kier molecular flexibility index (Phi) is 4.18. The van der Waals surface area contributed by atoms with Crippen LogP contribution in [-0.4, -0.2) is 29.8 Å². The molecular weight excluding hydrogens is 361 g/mol. The summed E-state index contributed by atoms with van der Waals surface area (Å²) < 4.78 is 1.26. The van der Waals surface area contributed by atoms with Crippen molar-refractivity contribution in [2.24, 2.45) is 5.92 Å². The second-order valence-electron chi connectivity index (χ2n) is 6.20. The van der Waals surface area contributed by atoms with Crippen LogP contribution in [-0.2, 0) is 4.79 Å². The Bertz CT molecular complexity index is 498. The highest BCUT2D eigenvalue weighted by Gasteiger charge is 2.48. The first-order valence-corrected chi connectivity index (χ1v) is 8.69. The number of rotatable bonds is 3. The number of piperidine rings is 1. The van der Waals surface area contributed by atoms with Gasteiger partial charge in [0, 0.05) is 28.0 Å². The number of carbonyl (C=O) groups is 1. The lowest BCUT2D eigenvalue weighted by molar-refractivity contribution is -0.126. The van der Waals surface area contributed by atoms with E-state index in [1.807, 2.05) is 6.92 Å². The largest absolute Gasteiger partial charge is 0.300 e. The van der Waals surface area contributed by atoms with Crippen molar-refractivity contribution in [2.45, 2.75) is 50.6 Å². The van der Waals surface area contributed by atoms with E-state index >= 15 is 0 Å². The van der Waals surface area contributed by atoms with Crippen LogP contribution in [0.15, 0.2) is 24.3 Å². The number of fused-ring (bicyclic) bond motifs is 2. The summed E-state index contributed by atoms with van der Waals surface area (Å²) in [7, 11) is 2.21. The molecule has 0 radical (unpaired) electrons. The van der Waals surface area contributed by atoms with Gasteiger partial charge in [-0.1, -0.05) is 19.1 Å². The topological polar surface area (TPSA) is 20.3 Å². The van der Waals surface area contributed by atoms with Gasteiger partial charge in [-0.15, -0.1) is 0 Å². The average molecular weight is 383 g/mol. The normalized spacial score (nSPS) is 33.4. The third-order valence-corrected chi connectivity index (χ3v) is 6.01. The number of benzene rings is 1. The van der Waals surface area contributed by atoms with Crippen LogP contribution >= 0.6 is 22.6 Å². The van der Waals surface area contributed by atoms with Crippen molar-refractivity contribution in [3.05, 3.63) is 33.4 Å². The molecule has 3 rings (SSSR count). The third kappa shape index (κ3) is 2.43. The van der Waals surface area contributed by atoms with Gasteiger partial charge in [0.05, 0.1) is 0 Å². The molecule has 1 aromatic rings. The van der Waals surface area contributed by atoms with Gasteiger partial charge in [0.2, 0.25) is 0 Å². The molecule has 0 saturated carbocycles. The molecule has 2 aliphatic heterocycles. The zero-order valence-corrected chi connectivity index (χ0v) is 14.3. The zero-order valence-electron chi connectivity index (χ0n) is 12.2. The fourth-order valence-corrected chi connectivity index (χ4v) is 4.55. The molecule has 0 amide bonds. The summed E-state index contributed by atoms with van der Waals surface area (Å²) in [5.41, 5.74) is 1.36. The van der Waals surface area contributed by atoms with Gasteiger partial charge in [-0.25, -0.2) is 0 Å². The number of hydrogen-bond donors (Lipinski definition) is 0. The standard InChI is InChI=1S/C17H22INO/c1-3-16(20)17-14(11-4-6-12(18)7-5-11)10-13-8-9-15(17)19(13)2/h4-7,13-15,17H,3,8-10H2,1-2H3/t13-,14+,15+,17-/m0/s1. The minimum Gasteiger partial charge on any atom is -0.300 e. The van der Waals surface area contributed by atoms with Crippen LogP contribution in [0, 0.1) is 9.49 Å². The lowest BCUT2D eigenvalue weighted by Gasteiger charge is -2.42. The molecule has 2 fully saturated rings. The molecule has 2 bridgehead atoms. The van der Waals surface area contributed by atoms with E-state index in [-0.39, 0.29) is 5.92 Å². The second kappa shape index (κ2) is 5.76. The van der Waals surface area contributed by atoms with E-state index in [0.717, 1.165) is 6.42 Å². The second-order valence-corrected chi connectivity index (χ2v) is 7.45. The Balaban J connectivity index is 1.95. The smallest absolute Gasteiger partial charge is 0.137 e. The first-order chi connectivity index (χ1) is 9.61. The molecule has 2 nitrogen and oxygen atoms in total. The molecule has 2 heterocycles. The minimum absolute atomic E-state index is 0.198. The Hall–Kier alpha value is -0.420. The van der Waals surface area contributed by atoms with Gasteiger partial charge in [-0.05, 0) is 72.5 Å². The van der Waals surface area contributed by atoms with Crippen molar-refractivity contribution in [1.29, 1.82) is 0 Å². The maximum atomic E-state index is 12.5. The van der Waals surface area contributed by atoms with Crippen molar-refractivity contribution < 1.29 is 4.79 Å². The van der Waals surface area contributed by atoms with Crippen LogP contribution in [0.3, 0.4) is 0 Å². The molecule has 0 N–H and O–H groups in total. The van der Waals surface area contributed by atoms with Crippen molar-refractivity contribution in [1.82, 2.24) is 4.90 Å². The molecule has 4 atom stereocenters. The van der Waals surface area contributed by atoms with Crippen molar-refractivity contribution in [3.8, 4) is 0 Å². The summed E-state index contributed by atoms with van der Waals surface area (Å²) >= 11 is 2.34. The van der Waals surface area contributed by atoms with Gasteiger partial charge in [-0.3, -0.25) is 9.69 Å². The fourth-order valence-electron chi connectivity index (χ4n) is 4.19. The molecular formula is C17H22INO. The van der Waals surface area contributed by atoms with E-state index in [0.29, 0.717) is 30.2 Å². The van der Waals surface area contributed by atoms with Crippen LogP contribution in [0.5, 0.6) is 0 Å². The summed E-state index contributed by atoms with van der Waals surface area (Å²) in [5, 5.41) is 0. The maximum absolute atomic E-state index is 12.5. The van der Waals surface area contributed by atoms with Gasteiger partial charge >= 0.3 is 0 Å². The first kappa shape index (κ1) is 14.5. The molecule has 2 aliphatic rings. The molecule has 1 aromatic carbocycles. The van der Waals surface area contributed by atoms with E-state index in [9.17, 15) is 4.79 Å². The van der Waals surface area contributed by atoms with Gasteiger partial charge in [0.25, 0.3) is 0 Å². The summed E-state index contributed by atoms with van der Waals surface area (Å²) in [5.74, 6) is 1.07. The molecule has 0 aliphatic carbocycles. The highest BCUT2D eigenvalue weighted by atomic mass is 127. The van der Waals surface area contributed by atoms with Crippen LogP contribution in [0.25, 0.3) is 0 Å². The molecule has 0 unspecified atom stereocenters. The lowest BCUT2D eigenvalue weighted by Crippen LogP contribution is -2.48. The van der Waals surface area contributed by atoms with E-state index in [1.54, 1.807) is 0 Å². The summed E-state index contributed by atoms with van der Waals surface area (Å²) in [6.45, 7) is 2.01. The predicted octanol–water partition coefficient (Wildman–Crippen LogP) is 3.84. The number of halogens is 1. The van der Waals surface area contributed by atoms with Crippen LogP contribution < -0.4 is 0 Å². The third-order valence-electron chi connectivity index (χ3n) is 5.29. The van der Waals surface area contributed by atoms with E-state index < -0.39 is 0 Å². The van der Waals surface area contributed by atoms with Crippen LogP contribution in [0.2, 0.25) is 0 Å². The number of hydrogen-bond acceptors (Lipinski definition) is 2. The van der Waals surface area contributed by atoms with E-state index in [4.69, 9.17) is 0 Å². The molecule has 20 heavy (non-hydrogen) atoms. The molecule has 3 heteroatoms. The molecule has 2 saturated heterocycles. The predicted molar refractivity (Wildman–Crippen MR) is 89.9 cm³/mol. The minimum atomic E-state index is 0.198. The number of carbonyl (C=O) groups excluding carboxylic acids is 1. The number of Topliss-reactive ketones (excluding diaryl/α,β-unsaturated/α-hetero) is 1. The molecule has 0 spiro atoms. The fraction of sp³-hybridized carbons (Fsp3) is 0.588. The van der Waals surface area contributed by atoms with Crippen molar-refractivity contribution >= 4 is 28.4 Å². The zero-order chi connectivity index (χ0) is 14.3. The van der Waals surface area contributed by atoms with Crippen LogP contribution in [0.4, 0.5) is 0 Å². The van der Waals surface area contributed by atoms with Crippen LogP contribution in [0.1, 0.15) is 44.1 Å². The number of ketones is 1. The monoisotopic (exact) mass is 383 g/mol. The lowest BCUT2D eigenvalue weighted by atomic mass is 9.73. The van der Waals surface area contributed by atoms with Gasteiger partial charge < -0.3 is 0 Å². The molecule has 108 valence electrons. The average Bonchev–Trinajstić information content (AvgIpc) is 2.70. The summed E-state index contributed by atoms with van der Waals surface area (Å²) in [6, 6.07) is 9.93. The Labute approximate surface area is 135 Å². The maximum Gasteiger partial charge on any atom is 0.137 e. The molecule has 0 aromatic heterocycles. The number of nitrogens with zero attached hydrogens (tertiary/aromatic N) is 1. The van der Waals surface area contributed by atoms with Gasteiger partial charge in [-0.2, -0.15) is 0 Å². The van der Waals surface area contributed by atoms with Gasteiger partial charge in [0.15, 0.2) is 0 Å². The summed E-state index contributed by atoms with van der Waals surface area (Å²) in [6.07, 6.45) is 4.26. The highest BCUT2D eigenvalue weighted by Crippen LogP contribution is 2.46. The van der Waals surface area contributed by atoms with E-state index in [2.05, 4.69) is 58.8 Å². The quantitative estimate of drug-likeness (QED) is 0.740. The highest BCUT2D eigenvalue weighted by molar-refractivity contribution is 14.1. The SMILES string of the molecule is CCC(=O)[C@H]1[C@@H](c2ccc(I)cc2)C[C@@H]2CC[C@H]1N2C. The van der Waals surface area contributed by atoms with Gasteiger partial charge in [0.1, 0.15) is 5.78 Å². The Morgan fingerprint density at radius 3 is 2.65 bits per heavy atom. The van der Waals surface area contributed by atoms with E-state index in [1.165, 1.54) is 22.0 Å². The van der Waals surface area contributed by atoms with Crippen molar-refractivity contribution in [2.75, 3.05) is 7.05 Å². The Morgan fingerprint density at radius 1 is 1.30 bits per heavy atom. The summed E-state index contributed by atoms with van der Waals surface area (Å²) in [4.78, 5) is 15.0.